The zero-order valence-electron chi connectivity index (χ0n) is 13.5. The molecule has 3 heterocycles. The van der Waals surface area contributed by atoms with E-state index in [4.69, 9.17) is 5.11 Å². The van der Waals surface area contributed by atoms with Gasteiger partial charge in [0.25, 0.3) is 0 Å². The molecule has 1 N–H and O–H groups in total. The van der Waals surface area contributed by atoms with Gasteiger partial charge in [-0.25, -0.2) is 9.48 Å². The lowest BCUT2D eigenvalue weighted by Gasteiger charge is -2.10. The van der Waals surface area contributed by atoms with E-state index in [9.17, 15) is 26.4 Å². The maximum absolute atomic E-state index is 12.4. The summed E-state index contributed by atoms with van der Waals surface area (Å²) in [4.78, 5) is 19.0. The first-order chi connectivity index (χ1) is 13.1. The molecule has 9 nitrogen and oxygen atoms in total. The first-order valence-corrected chi connectivity index (χ1v) is 8.70. The van der Waals surface area contributed by atoms with Gasteiger partial charge in [-0.1, -0.05) is 0 Å². The summed E-state index contributed by atoms with van der Waals surface area (Å²) >= 11 is 0. The van der Waals surface area contributed by atoms with E-state index in [0.29, 0.717) is 5.69 Å². The van der Waals surface area contributed by atoms with Crippen LogP contribution in [0.2, 0.25) is 0 Å². The average Bonchev–Trinajstić information content (AvgIpc) is 3.07. The van der Waals surface area contributed by atoms with Crippen molar-refractivity contribution < 1.29 is 35.7 Å². The van der Waals surface area contributed by atoms with Crippen LogP contribution in [0.1, 0.15) is 10.5 Å². The van der Waals surface area contributed by atoms with Gasteiger partial charge in [-0.05, 0) is 24.3 Å². The van der Waals surface area contributed by atoms with Gasteiger partial charge in [-0.15, -0.1) is 0 Å². The summed E-state index contributed by atoms with van der Waals surface area (Å²) in [6.45, 7) is 0. The van der Waals surface area contributed by atoms with E-state index < -0.39 is 27.3 Å². The molecule has 0 bridgehead atoms. The zero-order chi connectivity index (χ0) is 20.5. The van der Waals surface area contributed by atoms with Crippen molar-refractivity contribution in [3.05, 3.63) is 54.6 Å². The van der Waals surface area contributed by atoms with Crippen LogP contribution < -0.4 is 4.18 Å². The normalized spacial score (nSPS) is 12.0. The summed E-state index contributed by atoms with van der Waals surface area (Å²) in [6.07, 6.45) is 3.67. The summed E-state index contributed by atoms with van der Waals surface area (Å²) < 4.78 is 64.4. The van der Waals surface area contributed by atoms with Gasteiger partial charge in [0.05, 0.1) is 29.5 Å². The lowest BCUT2D eigenvalue weighted by molar-refractivity contribution is -0.0500. The fourth-order valence-electron chi connectivity index (χ4n) is 2.10. The Labute approximate surface area is 155 Å². The van der Waals surface area contributed by atoms with Crippen molar-refractivity contribution in [2.45, 2.75) is 5.51 Å². The molecule has 0 amide bonds. The minimum Gasteiger partial charge on any atom is -0.476 e. The van der Waals surface area contributed by atoms with Crippen LogP contribution in [0.25, 0.3) is 17.1 Å². The van der Waals surface area contributed by atoms with Crippen LogP contribution >= 0.6 is 0 Å². The number of halogens is 3. The molecule has 0 radical (unpaired) electrons. The number of hydrogen-bond acceptors (Lipinski definition) is 7. The molecule has 3 aromatic heterocycles. The van der Waals surface area contributed by atoms with Crippen LogP contribution in [0.3, 0.4) is 0 Å². The molecule has 0 atom stereocenters. The molecule has 0 aromatic carbocycles. The molecule has 0 fully saturated rings. The van der Waals surface area contributed by atoms with Crippen molar-refractivity contribution in [3.8, 4) is 22.8 Å². The lowest BCUT2D eigenvalue weighted by Crippen LogP contribution is -2.28. The smallest absolute Gasteiger partial charge is 0.476 e. The average molecular weight is 414 g/mol. The second kappa shape index (κ2) is 6.92. The first-order valence-electron chi connectivity index (χ1n) is 7.29. The van der Waals surface area contributed by atoms with E-state index >= 15 is 0 Å². The van der Waals surface area contributed by atoms with Crippen LogP contribution in [0.5, 0.6) is 5.75 Å². The number of carboxylic acid groups (broad SMARTS) is 1. The van der Waals surface area contributed by atoms with E-state index in [1.807, 2.05) is 0 Å². The number of rotatable bonds is 5. The number of pyridine rings is 2. The van der Waals surface area contributed by atoms with Gasteiger partial charge in [0.2, 0.25) is 0 Å². The highest BCUT2D eigenvalue weighted by Crippen LogP contribution is 2.28. The fourth-order valence-corrected chi connectivity index (χ4v) is 2.55. The molecule has 3 aromatic rings. The summed E-state index contributed by atoms with van der Waals surface area (Å²) in [6, 6.07) is 6.50. The fraction of sp³-hybridized carbons (Fsp3) is 0.0667. The van der Waals surface area contributed by atoms with Crippen molar-refractivity contribution in [3.63, 3.8) is 0 Å². The number of carbonyl (C=O) groups is 1. The topological polar surface area (TPSA) is 124 Å². The number of aromatic carboxylic acids is 1. The molecule has 146 valence electrons. The van der Waals surface area contributed by atoms with Crippen molar-refractivity contribution in [1.82, 2.24) is 19.7 Å². The van der Waals surface area contributed by atoms with Gasteiger partial charge in [-0.2, -0.15) is 26.7 Å². The predicted octanol–water partition coefficient (Wildman–Crippen LogP) is 2.26. The van der Waals surface area contributed by atoms with Gasteiger partial charge in [0.1, 0.15) is 0 Å². The maximum Gasteiger partial charge on any atom is 0.534 e. The number of hydrogen-bond donors (Lipinski definition) is 1. The van der Waals surface area contributed by atoms with E-state index in [1.54, 1.807) is 12.1 Å². The molecule has 0 aliphatic carbocycles. The predicted molar refractivity (Wildman–Crippen MR) is 87.2 cm³/mol. The van der Waals surface area contributed by atoms with Crippen LogP contribution in [-0.2, 0) is 10.1 Å². The highest BCUT2D eigenvalue weighted by molar-refractivity contribution is 7.88. The molecule has 13 heteroatoms. The third kappa shape index (κ3) is 3.78. The number of alkyl halides is 3. The van der Waals surface area contributed by atoms with E-state index in [1.165, 1.54) is 23.1 Å². The van der Waals surface area contributed by atoms with E-state index in [-0.39, 0.29) is 17.1 Å². The molecular formula is C15H9F3N4O5S. The summed E-state index contributed by atoms with van der Waals surface area (Å²) in [5, 5.41) is 13.1. The Bertz CT molecular complexity index is 1110. The largest absolute Gasteiger partial charge is 0.534 e. The van der Waals surface area contributed by atoms with Gasteiger partial charge in [0.15, 0.2) is 11.4 Å². The molecule has 0 spiro atoms. The Morgan fingerprint density at radius 2 is 1.93 bits per heavy atom. The number of carboxylic acids is 1. The molecule has 28 heavy (non-hydrogen) atoms. The minimum absolute atomic E-state index is 0.112. The van der Waals surface area contributed by atoms with Crippen LogP contribution in [0.4, 0.5) is 13.2 Å². The Hall–Kier alpha value is -3.48. The Morgan fingerprint density at radius 1 is 1.18 bits per heavy atom. The Morgan fingerprint density at radius 3 is 2.46 bits per heavy atom. The molecule has 0 saturated carbocycles. The third-order valence-electron chi connectivity index (χ3n) is 3.31. The van der Waals surface area contributed by atoms with Gasteiger partial charge >= 0.3 is 21.6 Å². The maximum atomic E-state index is 12.4. The van der Waals surface area contributed by atoms with Crippen molar-refractivity contribution in [1.29, 1.82) is 0 Å². The Balaban J connectivity index is 1.99. The molecular weight excluding hydrogens is 405 g/mol. The van der Waals surface area contributed by atoms with Gasteiger partial charge in [0, 0.05) is 12.3 Å². The minimum atomic E-state index is -5.83. The summed E-state index contributed by atoms with van der Waals surface area (Å²) in [7, 11) is -5.83. The van der Waals surface area contributed by atoms with Crippen molar-refractivity contribution in [2.75, 3.05) is 0 Å². The monoisotopic (exact) mass is 414 g/mol. The standard InChI is InChI=1S/C15H9F3N4O5S/c16-15(17,18)28(25,26)27-10-3-4-11(20-8-10)13-6-12(14(23)24)21-22(13)9-2-1-5-19-7-9/h1-8H,(H,23,24). The lowest BCUT2D eigenvalue weighted by atomic mass is 10.2. The van der Waals surface area contributed by atoms with Gasteiger partial charge in [-0.3, -0.25) is 9.97 Å². The van der Waals surface area contributed by atoms with Gasteiger partial charge < -0.3 is 9.29 Å². The number of nitrogens with zero attached hydrogens (tertiary/aromatic N) is 4. The second-order valence-electron chi connectivity index (χ2n) is 5.21. The molecule has 0 aliphatic heterocycles. The highest BCUT2D eigenvalue weighted by atomic mass is 32.2. The van der Waals surface area contributed by atoms with Crippen molar-refractivity contribution in [2.24, 2.45) is 0 Å². The molecule has 0 saturated heterocycles. The van der Waals surface area contributed by atoms with Crippen LogP contribution in [0.15, 0.2) is 48.9 Å². The van der Waals surface area contributed by atoms with E-state index in [0.717, 1.165) is 18.3 Å². The van der Waals surface area contributed by atoms with Crippen molar-refractivity contribution >= 4 is 16.1 Å². The highest BCUT2D eigenvalue weighted by Gasteiger charge is 2.48. The van der Waals surface area contributed by atoms with Crippen LogP contribution in [-0.4, -0.2) is 44.8 Å². The zero-order valence-corrected chi connectivity index (χ0v) is 14.3. The second-order valence-corrected chi connectivity index (χ2v) is 6.74. The molecule has 0 unspecified atom stereocenters. The van der Waals surface area contributed by atoms with Crippen LogP contribution in [0, 0.1) is 0 Å². The Kier molecular flexibility index (Phi) is 4.77. The molecule has 3 rings (SSSR count). The van der Waals surface area contributed by atoms with E-state index in [2.05, 4.69) is 19.2 Å². The third-order valence-corrected chi connectivity index (χ3v) is 4.29. The molecule has 0 aliphatic rings. The number of aromatic nitrogens is 4. The first kappa shape index (κ1) is 19.3. The quantitative estimate of drug-likeness (QED) is 0.498. The summed E-state index contributed by atoms with van der Waals surface area (Å²) in [5.74, 6) is -1.97. The summed E-state index contributed by atoms with van der Waals surface area (Å²) in [5.41, 5.74) is -5.18. The SMILES string of the molecule is O=C(O)c1cc(-c2ccc(OS(=O)(=O)C(F)(F)F)cn2)n(-c2cccnc2)n1.